The Hall–Kier alpha value is -2.27. The second-order valence-electron chi connectivity index (χ2n) is 6.07. The number of aryl methyl sites for hydroxylation is 1. The number of pyridine rings is 1. The van der Waals surface area contributed by atoms with Crippen LogP contribution in [-0.2, 0) is 7.05 Å². The Labute approximate surface area is 145 Å². The van der Waals surface area contributed by atoms with Crippen LogP contribution in [0.3, 0.4) is 0 Å². The molecular formula is C18H19ClN2O3. The highest BCUT2D eigenvalue weighted by Crippen LogP contribution is 2.31. The summed E-state index contributed by atoms with van der Waals surface area (Å²) in [5, 5.41) is 3.28. The van der Waals surface area contributed by atoms with E-state index in [1.165, 1.54) is 29.9 Å². The summed E-state index contributed by atoms with van der Waals surface area (Å²) < 4.78 is 7.24. The molecule has 0 aliphatic heterocycles. The minimum Gasteiger partial charge on any atom is -0.491 e. The third-order valence-corrected chi connectivity index (χ3v) is 4.49. The van der Waals surface area contributed by atoms with Crippen LogP contribution in [0, 0.1) is 5.92 Å². The third-order valence-electron chi connectivity index (χ3n) is 4.26. The van der Waals surface area contributed by atoms with Crippen molar-refractivity contribution in [2.24, 2.45) is 13.0 Å². The number of carbonyl (C=O) groups excluding carboxylic acids is 1. The van der Waals surface area contributed by atoms with E-state index in [2.05, 4.69) is 5.32 Å². The normalized spacial score (nSPS) is 14.1. The molecule has 0 atom stereocenters. The van der Waals surface area contributed by atoms with E-state index in [1.54, 1.807) is 37.5 Å². The number of nitrogens with zero attached hydrogens (tertiary/aromatic N) is 1. The number of amides is 1. The smallest absolute Gasteiger partial charge is 0.256 e. The zero-order valence-electron chi connectivity index (χ0n) is 13.4. The minimum absolute atomic E-state index is 0.241. The van der Waals surface area contributed by atoms with Crippen LogP contribution in [0.5, 0.6) is 5.75 Å². The minimum atomic E-state index is -0.372. The third kappa shape index (κ3) is 3.79. The van der Waals surface area contributed by atoms with Crippen molar-refractivity contribution >= 4 is 23.2 Å². The number of aromatic nitrogens is 1. The van der Waals surface area contributed by atoms with Gasteiger partial charge in [-0.3, -0.25) is 9.59 Å². The van der Waals surface area contributed by atoms with E-state index in [4.69, 9.17) is 16.3 Å². The van der Waals surface area contributed by atoms with Crippen LogP contribution < -0.4 is 15.6 Å². The van der Waals surface area contributed by atoms with E-state index in [0.717, 1.165) is 0 Å². The van der Waals surface area contributed by atoms with Gasteiger partial charge >= 0.3 is 0 Å². The summed E-state index contributed by atoms with van der Waals surface area (Å²) >= 11 is 6.03. The molecule has 6 heteroatoms. The Morgan fingerprint density at radius 2 is 2.12 bits per heavy atom. The highest BCUT2D eigenvalue weighted by atomic mass is 35.5. The number of nitrogens with one attached hydrogen (secondary N) is 1. The Morgan fingerprint density at radius 3 is 2.79 bits per heavy atom. The molecule has 3 rings (SSSR count). The van der Waals surface area contributed by atoms with Crippen molar-refractivity contribution in [3.05, 3.63) is 57.5 Å². The van der Waals surface area contributed by atoms with Crippen LogP contribution in [0.1, 0.15) is 29.6 Å². The van der Waals surface area contributed by atoms with Gasteiger partial charge in [0.2, 0.25) is 0 Å². The van der Waals surface area contributed by atoms with Crippen LogP contribution in [0.15, 0.2) is 41.3 Å². The molecule has 0 radical (unpaired) electrons. The van der Waals surface area contributed by atoms with E-state index < -0.39 is 0 Å². The van der Waals surface area contributed by atoms with E-state index in [-0.39, 0.29) is 11.5 Å². The van der Waals surface area contributed by atoms with Gasteiger partial charge in [0.15, 0.2) is 0 Å². The lowest BCUT2D eigenvalue weighted by atomic mass is 9.86. The lowest BCUT2D eigenvalue weighted by Gasteiger charge is -2.25. The predicted molar refractivity (Wildman–Crippen MR) is 93.9 cm³/mol. The quantitative estimate of drug-likeness (QED) is 0.901. The summed E-state index contributed by atoms with van der Waals surface area (Å²) in [6.45, 7) is 0.635. The highest BCUT2D eigenvalue weighted by Gasteiger charge is 2.19. The first-order valence-corrected chi connectivity index (χ1v) is 8.31. The van der Waals surface area contributed by atoms with E-state index in [0.29, 0.717) is 34.5 Å². The van der Waals surface area contributed by atoms with Crippen molar-refractivity contribution in [2.45, 2.75) is 19.3 Å². The molecule has 1 aliphatic rings. The molecule has 5 nitrogen and oxygen atoms in total. The van der Waals surface area contributed by atoms with Crippen molar-refractivity contribution in [2.75, 3.05) is 11.9 Å². The van der Waals surface area contributed by atoms with Gasteiger partial charge in [-0.15, -0.1) is 0 Å². The van der Waals surface area contributed by atoms with Crippen molar-refractivity contribution in [3.8, 4) is 5.75 Å². The number of benzene rings is 1. The largest absolute Gasteiger partial charge is 0.491 e. The molecule has 24 heavy (non-hydrogen) atoms. The molecule has 2 aromatic rings. The molecular weight excluding hydrogens is 328 g/mol. The Balaban J connectivity index is 1.76. The first kappa shape index (κ1) is 16.6. The number of ether oxygens (including phenoxy) is 1. The van der Waals surface area contributed by atoms with Gasteiger partial charge in [-0.25, -0.2) is 0 Å². The van der Waals surface area contributed by atoms with Crippen LogP contribution in [0.4, 0.5) is 5.69 Å². The lowest BCUT2D eigenvalue weighted by molar-refractivity contribution is 0.102. The average Bonchev–Trinajstić information content (AvgIpc) is 2.50. The molecule has 1 N–H and O–H groups in total. The summed E-state index contributed by atoms with van der Waals surface area (Å²) in [7, 11) is 1.63. The topological polar surface area (TPSA) is 60.3 Å². The summed E-state index contributed by atoms with van der Waals surface area (Å²) in [5.41, 5.74) is 0.561. The average molecular weight is 347 g/mol. The lowest BCUT2D eigenvalue weighted by Crippen LogP contribution is -2.21. The van der Waals surface area contributed by atoms with Gasteiger partial charge in [-0.05, 0) is 43.0 Å². The van der Waals surface area contributed by atoms with Gasteiger partial charge in [0, 0.05) is 29.9 Å². The number of anilines is 1. The Kier molecular flexibility index (Phi) is 4.90. The molecule has 1 saturated carbocycles. The number of rotatable bonds is 5. The van der Waals surface area contributed by atoms with Crippen molar-refractivity contribution in [1.82, 2.24) is 4.57 Å². The van der Waals surface area contributed by atoms with Crippen molar-refractivity contribution < 1.29 is 9.53 Å². The van der Waals surface area contributed by atoms with Gasteiger partial charge in [0.1, 0.15) is 5.75 Å². The molecule has 1 fully saturated rings. The van der Waals surface area contributed by atoms with Crippen molar-refractivity contribution in [3.63, 3.8) is 0 Å². The first-order valence-electron chi connectivity index (χ1n) is 7.93. The molecule has 1 aromatic heterocycles. The monoisotopic (exact) mass is 346 g/mol. The molecule has 0 unspecified atom stereocenters. The fraction of sp³-hybridized carbons (Fsp3) is 0.333. The number of carbonyl (C=O) groups is 1. The standard InChI is InChI=1S/C18H19ClN2O3/c1-21-8-7-13(9-17(21)22)18(23)20-15-10-14(19)5-6-16(15)24-11-12-3-2-4-12/h5-10,12H,2-4,11H2,1H3,(H,20,23). The summed E-state index contributed by atoms with van der Waals surface area (Å²) in [6, 6.07) is 8.02. The number of hydrogen-bond donors (Lipinski definition) is 1. The highest BCUT2D eigenvalue weighted by molar-refractivity contribution is 6.31. The molecule has 1 amide bonds. The van der Waals surface area contributed by atoms with Gasteiger partial charge in [-0.2, -0.15) is 0 Å². The van der Waals surface area contributed by atoms with Crippen LogP contribution in [0.2, 0.25) is 5.02 Å². The maximum absolute atomic E-state index is 12.4. The van der Waals surface area contributed by atoms with Crippen LogP contribution >= 0.6 is 11.6 Å². The fourth-order valence-electron chi connectivity index (χ4n) is 2.48. The summed E-state index contributed by atoms with van der Waals surface area (Å²) in [6.07, 6.45) is 5.18. The molecule has 1 aromatic carbocycles. The predicted octanol–water partition coefficient (Wildman–Crippen LogP) is 3.47. The molecule has 0 saturated heterocycles. The second-order valence-corrected chi connectivity index (χ2v) is 6.50. The second kappa shape index (κ2) is 7.09. The molecule has 0 bridgehead atoms. The summed E-state index contributed by atoms with van der Waals surface area (Å²) in [5.74, 6) is 0.799. The maximum atomic E-state index is 12.4. The summed E-state index contributed by atoms with van der Waals surface area (Å²) in [4.78, 5) is 24.1. The zero-order valence-corrected chi connectivity index (χ0v) is 14.2. The SMILES string of the molecule is Cn1ccc(C(=O)Nc2cc(Cl)ccc2OCC2CCC2)cc1=O. The van der Waals surface area contributed by atoms with Gasteiger partial charge in [-0.1, -0.05) is 18.0 Å². The van der Waals surface area contributed by atoms with Crippen LogP contribution in [-0.4, -0.2) is 17.1 Å². The zero-order chi connectivity index (χ0) is 17.1. The fourth-order valence-corrected chi connectivity index (χ4v) is 2.65. The number of hydrogen-bond acceptors (Lipinski definition) is 3. The van der Waals surface area contributed by atoms with E-state index in [9.17, 15) is 9.59 Å². The van der Waals surface area contributed by atoms with E-state index in [1.807, 2.05) is 0 Å². The molecule has 1 heterocycles. The number of halogens is 1. The van der Waals surface area contributed by atoms with E-state index >= 15 is 0 Å². The Morgan fingerprint density at radius 1 is 1.33 bits per heavy atom. The first-order chi connectivity index (χ1) is 11.5. The molecule has 0 spiro atoms. The van der Waals surface area contributed by atoms with Gasteiger partial charge in [0.05, 0.1) is 12.3 Å². The maximum Gasteiger partial charge on any atom is 0.256 e. The molecule has 126 valence electrons. The van der Waals surface area contributed by atoms with Crippen LogP contribution in [0.25, 0.3) is 0 Å². The van der Waals surface area contributed by atoms with Gasteiger partial charge in [0.25, 0.3) is 11.5 Å². The Bertz CT molecular complexity index is 812. The molecule has 1 aliphatic carbocycles. The van der Waals surface area contributed by atoms with Crippen molar-refractivity contribution in [1.29, 1.82) is 0 Å². The van der Waals surface area contributed by atoms with Gasteiger partial charge < -0.3 is 14.6 Å².